The molecule has 0 fully saturated rings. The quantitative estimate of drug-likeness (QED) is 0.863. The summed E-state index contributed by atoms with van der Waals surface area (Å²) >= 11 is 3.28. The zero-order chi connectivity index (χ0) is 14.5. The number of alkyl halides is 3. The average molecular weight is 342 g/mol. The van der Waals surface area contributed by atoms with Crippen molar-refractivity contribution in [1.82, 2.24) is 4.90 Å². The molecule has 0 aliphatic carbocycles. The first-order chi connectivity index (χ1) is 8.85. The number of methoxy groups -OCH3 is 1. The molecule has 0 bridgehead atoms. The van der Waals surface area contributed by atoms with Crippen molar-refractivity contribution in [3.8, 4) is 5.75 Å². The molecule has 0 amide bonds. The summed E-state index contributed by atoms with van der Waals surface area (Å²) in [7, 11) is 1.52. The molecular formula is C12H15BrF3NO2. The van der Waals surface area contributed by atoms with Gasteiger partial charge in [0.15, 0.2) is 0 Å². The van der Waals surface area contributed by atoms with Gasteiger partial charge in [0, 0.05) is 13.1 Å². The van der Waals surface area contributed by atoms with Crippen molar-refractivity contribution < 1.29 is 23.0 Å². The molecular weight excluding hydrogens is 327 g/mol. The maximum atomic E-state index is 12.4. The Hall–Kier alpha value is -0.790. The summed E-state index contributed by atoms with van der Waals surface area (Å²) < 4.78 is 42.9. The fourth-order valence-electron chi connectivity index (χ4n) is 1.68. The van der Waals surface area contributed by atoms with Crippen LogP contribution in [0.25, 0.3) is 0 Å². The molecule has 1 aromatic rings. The van der Waals surface area contributed by atoms with E-state index in [4.69, 9.17) is 9.84 Å². The van der Waals surface area contributed by atoms with E-state index in [1.54, 1.807) is 18.2 Å². The minimum atomic E-state index is -4.28. The van der Waals surface area contributed by atoms with E-state index in [-0.39, 0.29) is 19.7 Å². The van der Waals surface area contributed by atoms with E-state index in [1.165, 1.54) is 7.11 Å². The fourth-order valence-corrected chi connectivity index (χ4v) is 2.26. The molecule has 0 aliphatic heterocycles. The summed E-state index contributed by atoms with van der Waals surface area (Å²) in [5.41, 5.74) is 0.713. The second kappa shape index (κ2) is 7.12. The van der Waals surface area contributed by atoms with Gasteiger partial charge in [-0.2, -0.15) is 13.2 Å². The van der Waals surface area contributed by atoms with Crippen molar-refractivity contribution in [2.45, 2.75) is 12.7 Å². The molecule has 0 saturated heterocycles. The largest absolute Gasteiger partial charge is 0.496 e. The predicted octanol–water partition coefficient (Wildman–Crippen LogP) is 2.81. The number of benzene rings is 1. The molecule has 108 valence electrons. The Morgan fingerprint density at radius 2 is 2.05 bits per heavy atom. The first-order valence-corrected chi connectivity index (χ1v) is 6.37. The minimum absolute atomic E-state index is 0.0246. The smallest absolute Gasteiger partial charge is 0.401 e. The Kier molecular flexibility index (Phi) is 6.09. The molecule has 7 heteroatoms. The van der Waals surface area contributed by atoms with Gasteiger partial charge in [0.05, 0.1) is 24.7 Å². The van der Waals surface area contributed by atoms with E-state index >= 15 is 0 Å². The molecule has 0 aromatic heterocycles. The zero-order valence-corrected chi connectivity index (χ0v) is 12.0. The molecule has 0 radical (unpaired) electrons. The molecule has 0 aliphatic rings. The Labute approximate surface area is 118 Å². The van der Waals surface area contributed by atoms with Crippen LogP contribution in [0.5, 0.6) is 5.75 Å². The van der Waals surface area contributed by atoms with Crippen LogP contribution in [0.3, 0.4) is 0 Å². The van der Waals surface area contributed by atoms with E-state index < -0.39 is 12.7 Å². The summed E-state index contributed by atoms with van der Waals surface area (Å²) in [6.45, 7) is -1.27. The first kappa shape index (κ1) is 16.3. The molecule has 1 rings (SSSR count). The van der Waals surface area contributed by atoms with Gasteiger partial charge in [0.25, 0.3) is 0 Å². The number of hydrogen-bond donors (Lipinski definition) is 1. The van der Waals surface area contributed by atoms with Crippen LogP contribution in [0, 0.1) is 0 Å². The van der Waals surface area contributed by atoms with Crippen LogP contribution in [0.4, 0.5) is 13.2 Å². The van der Waals surface area contributed by atoms with Crippen LogP contribution in [-0.4, -0.2) is 43.0 Å². The summed E-state index contributed by atoms with van der Waals surface area (Å²) in [4.78, 5) is 1.15. The van der Waals surface area contributed by atoms with Gasteiger partial charge in [-0.05, 0) is 33.6 Å². The fraction of sp³-hybridized carbons (Fsp3) is 0.500. The van der Waals surface area contributed by atoms with Crippen molar-refractivity contribution in [3.63, 3.8) is 0 Å². The topological polar surface area (TPSA) is 32.7 Å². The normalized spacial score (nSPS) is 11.9. The lowest BCUT2D eigenvalue weighted by atomic mass is 10.2. The van der Waals surface area contributed by atoms with Crippen LogP contribution in [-0.2, 0) is 6.54 Å². The second-order valence-corrected chi connectivity index (χ2v) is 4.87. The second-order valence-electron chi connectivity index (χ2n) is 4.02. The Bertz CT molecular complexity index is 412. The van der Waals surface area contributed by atoms with Crippen molar-refractivity contribution in [3.05, 3.63) is 28.2 Å². The van der Waals surface area contributed by atoms with Gasteiger partial charge in [-0.3, -0.25) is 4.90 Å². The molecule has 1 aromatic carbocycles. The van der Waals surface area contributed by atoms with Crippen molar-refractivity contribution >= 4 is 15.9 Å². The summed E-state index contributed by atoms with van der Waals surface area (Å²) in [6, 6.07) is 5.09. The molecule has 1 N–H and O–H groups in total. The molecule has 0 heterocycles. The van der Waals surface area contributed by atoms with Crippen molar-refractivity contribution in [1.29, 1.82) is 0 Å². The molecule has 19 heavy (non-hydrogen) atoms. The summed E-state index contributed by atoms with van der Waals surface area (Å²) in [6.07, 6.45) is -4.28. The highest BCUT2D eigenvalue weighted by atomic mass is 79.9. The standard InChI is InChI=1S/C12H15BrF3NO2/c1-19-11-3-2-9(6-10(11)13)7-17(4-5-18)8-12(14,15)16/h2-3,6,18H,4-5,7-8H2,1H3. The predicted molar refractivity (Wildman–Crippen MR) is 69.1 cm³/mol. The molecule has 3 nitrogen and oxygen atoms in total. The van der Waals surface area contributed by atoms with E-state index in [1.807, 2.05) is 0 Å². The van der Waals surface area contributed by atoms with Crippen molar-refractivity contribution in [2.75, 3.05) is 26.8 Å². The average Bonchev–Trinajstić information content (AvgIpc) is 2.27. The third kappa shape index (κ3) is 5.80. The number of nitrogens with zero attached hydrogens (tertiary/aromatic N) is 1. The maximum Gasteiger partial charge on any atom is 0.401 e. The monoisotopic (exact) mass is 341 g/mol. The van der Waals surface area contributed by atoms with Gasteiger partial charge < -0.3 is 9.84 Å². The number of aliphatic hydroxyl groups is 1. The third-order valence-electron chi connectivity index (χ3n) is 2.44. The molecule has 0 atom stereocenters. The molecule has 0 saturated carbocycles. The van der Waals surface area contributed by atoms with Crippen molar-refractivity contribution in [2.24, 2.45) is 0 Å². The molecule has 0 spiro atoms. The summed E-state index contributed by atoms with van der Waals surface area (Å²) in [5, 5.41) is 8.81. The SMILES string of the molecule is COc1ccc(CN(CCO)CC(F)(F)F)cc1Br. The van der Waals surface area contributed by atoms with Crippen LogP contribution >= 0.6 is 15.9 Å². The van der Waals surface area contributed by atoms with E-state index in [9.17, 15) is 13.2 Å². The number of hydrogen-bond acceptors (Lipinski definition) is 3. The lowest BCUT2D eigenvalue weighted by Gasteiger charge is -2.23. The van der Waals surface area contributed by atoms with Gasteiger partial charge in [-0.25, -0.2) is 0 Å². The number of halogens is 4. The maximum absolute atomic E-state index is 12.4. The van der Waals surface area contributed by atoms with Gasteiger partial charge in [0.1, 0.15) is 5.75 Å². The van der Waals surface area contributed by atoms with Gasteiger partial charge in [0.2, 0.25) is 0 Å². The zero-order valence-electron chi connectivity index (χ0n) is 10.4. The summed E-state index contributed by atoms with van der Waals surface area (Å²) in [5.74, 6) is 0.619. The van der Waals surface area contributed by atoms with Gasteiger partial charge in [-0.15, -0.1) is 0 Å². The highest BCUT2D eigenvalue weighted by Crippen LogP contribution is 2.26. The lowest BCUT2D eigenvalue weighted by molar-refractivity contribution is -0.147. The third-order valence-corrected chi connectivity index (χ3v) is 3.06. The minimum Gasteiger partial charge on any atom is -0.496 e. The first-order valence-electron chi connectivity index (χ1n) is 5.58. The Morgan fingerprint density at radius 1 is 1.37 bits per heavy atom. The van der Waals surface area contributed by atoms with Crippen LogP contribution in [0.15, 0.2) is 22.7 Å². The lowest BCUT2D eigenvalue weighted by Crippen LogP contribution is -2.35. The van der Waals surface area contributed by atoms with E-state index in [0.717, 1.165) is 4.90 Å². The van der Waals surface area contributed by atoms with Gasteiger partial charge >= 0.3 is 6.18 Å². The number of rotatable bonds is 6. The highest BCUT2D eigenvalue weighted by molar-refractivity contribution is 9.10. The Morgan fingerprint density at radius 3 is 2.53 bits per heavy atom. The van der Waals surface area contributed by atoms with Crippen LogP contribution in [0.2, 0.25) is 0 Å². The van der Waals surface area contributed by atoms with E-state index in [0.29, 0.717) is 15.8 Å². The number of aliphatic hydroxyl groups excluding tert-OH is 1. The van der Waals surface area contributed by atoms with Gasteiger partial charge in [-0.1, -0.05) is 6.07 Å². The highest BCUT2D eigenvalue weighted by Gasteiger charge is 2.30. The van der Waals surface area contributed by atoms with Crippen LogP contribution < -0.4 is 4.74 Å². The van der Waals surface area contributed by atoms with E-state index in [2.05, 4.69) is 15.9 Å². The Balaban J connectivity index is 2.76. The molecule has 0 unspecified atom stereocenters. The number of ether oxygens (including phenoxy) is 1. The van der Waals surface area contributed by atoms with Crippen LogP contribution in [0.1, 0.15) is 5.56 Å².